The van der Waals surface area contributed by atoms with Gasteiger partial charge in [-0.1, -0.05) is 18.2 Å². The first kappa shape index (κ1) is 20.9. The summed E-state index contributed by atoms with van der Waals surface area (Å²) < 4.78 is 42.0. The summed E-state index contributed by atoms with van der Waals surface area (Å²) in [5, 5.41) is 7.19. The van der Waals surface area contributed by atoms with Crippen molar-refractivity contribution in [1.29, 1.82) is 0 Å². The highest BCUT2D eigenvalue weighted by Gasteiger charge is 2.34. The third-order valence-corrected chi connectivity index (χ3v) is 5.59. The molecule has 1 aromatic carbocycles. The van der Waals surface area contributed by atoms with Gasteiger partial charge in [-0.25, -0.2) is 14.5 Å². The highest BCUT2D eigenvalue weighted by molar-refractivity contribution is 6.03. The van der Waals surface area contributed by atoms with Gasteiger partial charge >= 0.3 is 6.18 Å². The van der Waals surface area contributed by atoms with Crippen molar-refractivity contribution in [1.82, 2.24) is 19.6 Å². The molecule has 0 spiro atoms. The molecule has 4 heterocycles. The third kappa shape index (κ3) is 3.88. The molecule has 1 saturated heterocycles. The van der Waals surface area contributed by atoms with Crippen LogP contribution in [0.5, 0.6) is 0 Å². The fourth-order valence-corrected chi connectivity index (χ4v) is 3.77. The lowest BCUT2D eigenvalue weighted by Gasteiger charge is -2.32. The number of nitrogens with one attached hydrogen (secondary N) is 1. The number of benzene rings is 1. The number of halogens is 3. The van der Waals surface area contributed by atoms with Crippen LogP contribution in [-0.2, 0) is 6.18 Å². The van der Waals surface area contributed by atoms with Crippen LogP contribution in [0.25, 0.3) is 16.9 Å². The molecule has 33 heavy (non-hydrogen) atoms. The van der Waals surface area contributed by atoms with Gasteiger partial charge in [0.2, 0.25) is 0 Å². The second kappa shape index (κ2) is 7.88. The summed E-state index contributed by atoms with van der Waals surface area (Å²) in [6.45, 7) is 3.50. The zero-order valence-corrected chi connectivity index (χ0v) is 17.6. The Morgan fingerprint density at radius 1 is 1.09 bits per heavy atom. The minimum atomic E-state index is -4.54. The molecular formula is C23H19F3N6O. The number of alkyl halides is 3. The summed E-state index contributed by atoms with van der Waals surface area (Å²) >= 11 is 0. The zero-order chi connectivity index (χ0) is 23.2. The van der Waals surface area contributed by atoms with Crippen LogP contribution in [0.1, 0.15) is 28.0 Å². The maximum atomic E-state index is 13.6. The molecule has 5 rings (SSSR count). The number of imidazole rings is 1. The first-order valence-electron chi connectivity index (χ1n) is 10.4. The Bertz CT molecular complexity index is 1360. The summed E-state index contributed by atoms with van der Waals surface area (Å²) in [7, 11) is 0. The Kier molecular flexibility index (Phi) is 4.99. The molecule has 1 amide bonds. The molecule has 1 aliphatic heterocycles. The molecule has 1 fully saturated rings. The van der Waals surface area contributed by atoms with E-state index in [0.29, 0.717) is 16.9 Å². The molecule has 10 heteroatoms. The topological polar surface area (TPSA) is 75.4 Å². The monoisotopic (exact) mass is 452 g/mol. The Morgan fingerprint density at radius 3 is 2.61 bits per heavy atom. The van der Waals surface area contributed by atoms with E-state index in [1.54, 1.807) is 31.3 Å². The van der Waals surface area contributed by atoms with Gasteiger partial charge < -0.3 is 10.2 Å². The van der Waals surface area contributed by atoms with Crippen molar-refractivity contribution in [3.05, 3.63) is 71.7 Å². The smallest absolute Gasteiger partial charge is 0.356 e. The van der Waals surface area contributed by atoms with Crippen LogP contribution in [0.15, 0.2) is 54.9 Å². The van der Waals surface area contributed by atoms with Crippen molar-refractivity contribution in [3.63, 3.8) is 0 Å². The molecular weight excluding hydrogens is 433 g/mol. The van der Waals surface area contributed by atoms with Crippen LogP contribution in [0.4, 0.5) is 24.7 Å². The summed E-state index contributed by atoms with van der Waals surface area (Å²) in [6.07, 6.45) is -0.463. The van der Waals surface area contributed by atoms with E-state index in [0.717, 1.165) is 31.4 Å². The van der Waals surface area contributed by atoms with Crippen LogP contribution >= 0.6 is 0 Å². The lowest BCUT2D eigenvalue weighted by molar-refractivity contribution is -0.137. The zero-order valence-electron chi connectivity index (χ0n) is 17.6. The molecule has 0 aliphatic carbocycles. The molecule has 1 N–H and O–H groups in total. The fourth-order valence-electron chi connectivity index (χ4n) is 3.77. The van der Waals surface area contributed by atoms with Crippen LogP contribution in [0.3, 0.4) is 0 Å². The molecule has 0 saturated carbocycles. The highest BCUT2D eigenvalue weighted by atomic mass is 19.4. The van der Waals surface area contributed by atoms with Gasteiger partial charge in [0.15, 0.2) is 11.3 Å². The van der Waals surface area contributed by atoms with Crippen molar-refractivity contribution in [2.75, 3.05) is 23.3 Å². The van der Waals surface area contributed by atoms with Gasteiger partial charge in [-0.05, 0) is 37.1 Å². The summed E-state index contributed by atoms with van der Waals surface area (Å²) in [5.74, 6) is 0.298. The van der Waals surface area contributed by atoms with E-state index < -0.39 is 17.6 Å². The Morgan fingerprint density at radius 2 is 1.88 bits per heavy atom. The normalized spacial score (nSPS) is 13.8. The number of fused-ring (bicyclic) bond motifs is 1. The number of hydrogen-bond donors (Lipinski definition) is 1. The number of anilines is 2. The molecule has 0 bridgehead atoms. The van der Waals surface area contributed by atoms with Crippen LogP contribution < -0.4 is 10.2 Å². The Hall–Kier alpha value is -3.95. The number of hydrogen-bond acceptors (Lipinski definition) is 5. The lowest BCUT2D eigenvalue weighted by Crippen LogP contribution is -2.37. The molecule has 4 aromatic rings. The number of amides is 1. The van der Waals surface area contributed by atoms with Crippen LogP contribution in [-0.4, -0.2) is 38.6 Å². The fraction of sp³-hybridized carbons (Fsp3) is 0.217. The molecule has 3 aromatic heterocycles. The minimum Gasteiger partial charge on any atom is -0.356 e. The van der Waals surface area contributed by atoms with Gasteiger partial charge in [0, 0.05) is 36.6 Å². The largest absolute Gasteiger partial charge is 0.417 e. The minimum absolute atomic E-state index is 0.0576. The van der Waals surface area contributed by atoms with Gasteiger partial charge in [-0.2, -0.15) is 18.3 Å². The average molecular weight is 452 g/mol. The van der Waals surface area contributed by atoms with Crippen LogP contribution in [0, 0.1) is 6.92 Å². The summed E-state index contributed by atoms with van der Waals surface area (Å²) in [5.41, 5.74) is 0.831. The summed E-state index contributed by atoms with van der Waals surface area (Å²) in [6, 6.07) is 10.3. The van der Waals surface area contributed by atoms with Crippen molar-refractivity contribution in [3.8, 4) is 11.3 Å². The number of aryl methyl sites for hydroxylation is 1. The number of carbonyl (C=O) groups excluding carboxylic acids is 1. The van der Waals surface area contributed by atoms with E-state index in [2.05, 4.69) is 25.3 Å². The molecule has 0 radical (unpaired) electrons. The van der Waals surface area contributed by atoms with E-state index in [9.17, 15) is 18.0 Å². The maximum Gasteiger partial charge on any atom is 0.417 e. The van der Waals surface area contributed by atoms with E-state index in [1.807, 2.05) is 0 Å². The molecule has 0 unspecified atom stereocenters. The van der Waals surface area contributed by atoms with Gasteiger partial charge in [-0.15, -0.1) is 0 Å². The van der Waals surface area contributed by atoms with Gasteiger partial charge in [0.1, 0.15) is 5.82 Å². The third-order valence-electron chi connectivity index (χ3n) is 5.59. The highest BCUT2D eigenvalue weighted by Crippen LogP contribution is 2.37. The first-order valence-corrected chi connectivity index (χ1v) is 10.4. The Labute approximate surface area is 186 Å². The second-order valence-electron chi connectivity index (χ2n) is 7.83. The van der Waals surface area contributed by atoms with Crippen molar-refractivity contribution >= 4 is 23.1 Å². The van der Waals surface area contributed by atoms with Crippen molar-refractivity contribution in [2.24, 2.45) is 0 Å². The van der Waals surface area contributed by atoms with Gasteiger partial charge in [0.05, 0.1) is 17.5 Å². The number of rotatable bonds is 4. The molecule has 7 nitrogen and oxygen atoms in total. The second-order valence-corrected chi connectivity index (χ2v) is 7.83. The van der Waals surface area contributed by atoms with E-state index in [4.69, 9.17) is 0 Å². The van der Waals surface area contributed by atoms with Crippen molar-refractivity contribution < 1.29 is 18.0 Å². The number of nitrogens with zero attached hydrogens (tertiary/aromatic N) is 5. The molecule has 168 valence electrons. The Balaban J connectivity index is 1.52. The SMILES string of the molecule is Cc1cc2ncc(C(=O)Nc3ccnc(N4CCC4)c3)n2nc1-c1ccccc1C(F)(F)F. The van der Waals surface area contributed by atoms with Crippen LogP contribution in [0.2, 0.25) is 0 Å². The summed E-state index contributed by atoms with van der Waals surface area (Å²) in [4.78, 5) is 23.6. The predicted octanol–water partition coefficient (Wildman–Crippen LogP) is 4.58. The van der Waals surface area contributed by atoms with Gasteiger partial charge in [0.25, 0.3) is 5.91 Å². The standard InChI is InChI=1S/C23H19F3N6O/c1-14-11-20-28-13-18(22(33)29-15-7-8-27-19(12-15)31-9-4-10-31)32(20)30-21(14)16-5-2-3-6-17(16)23(24,25)26/h2-3,5-8,11-13H,4,9-10H2,1H3,(H,27,29,33). The van der Waals surface area contributed by atoms with E-state index >= 15 is 0 Å². The quantitative estimate of drug-likeness (QED) is 0.491. The first-order chi connectivity index (χ1) is 15.8. The van der Waals surface area contributed by atoms with Gasteiger partial charge in [-0.3, -0.25) is 4.79 Å². The lowest BCUT2D eigenvalue weighted by atomic mass is 10.0. The van der Waals surface area contributed by atoms with E-state index in [1.165, 1.54) is 28.9 Å². The number of aromatic nitrogens is 4. The molecule has 1 aliphatic rings. The van der Waals surface area contributed by atoms with Crippen molar-refractivity contribution in [2.45, 2.75) is 19.5 Å². The molecule has 0 atom stereocenters. The number of pyridine rings is 1. The average Bonchev–Trinajstić information content (AvgIpc) is 3.14. The maximum absolute atomic E-state index is 13.6. The number of carbonyl (C=O) groups is 1. The van der Waals surface area contributed by atoms with E-state index in [-0.39, 0.29) is 17.0 Å². The predicted molar refractivity (Wildman–Crippen MR) is 117 cm³/mol.